The van der Waals surface area contributed by atoms with Crippen molar-refractivity contribution in [2.24, 2.45) is 0 Å². The Morgan fingerprint density at radius 3 is 1.81 bits per heavy atom. The first-order valence-electron chi connectivity index (χ1n) is 4.80. The fourth-order valence-corrected chi connectivity index (χ4v) is 2.45. The maximum Gasteiger partial charge on any atom is 0.461 e. The Balaban J connectivity index is 2.92. The van der Waals surface area contributed by atoms with Crippen LogP contribution in [0.25, 0.3) is 11.0 Å². The van der Waals surface area contributed by atoms with Crippen LogP contribution in [0.4, 0.5) is 22.0 Å². The molecule has 2 rings (SSSR count). The Hall–Kier alpha value is -0.700. The van der Waals surface area contributed by atoms with Crippen molar-refractivity contribution in [3.63, 3.8) is 0 Å². The van der Waals surface area contributed by atoms with Gasteiger partial charge in [0.05, 0.1) is 20.1 Å². The SMILES string of the molecule is On1c(C(F)(F)C(F)(F)F)nc2c(Cl)c(Cl)c(Cl)c(Cl)c21. The summed E-state index contributed by atoms with van der Waals surface area (Å²) in [6, 6.07) is 0. The minimum Gasteiger partial charge on any atom is -0.426 e. The second-order valence-electron chi connectivity index (χ2n) is 3.77. The molecule has 1 aromatic carbocycles. The highest BCUT2D eigenvalue weighted by atomic mass is 35.5. The number of aromatic nitrogens is 2. The lowest BCUT2D eigenvalue weighted by Gasteiger charge is -2.17. The van der Waals surface area contributed by atoms with E-state index in [-0.39, 0.29) is 0 Å². The van der Waals surface area contributed by atoms with Gasteiger partial charge < -0.3 is 5.21 Å². The molecule has 1 heterocycles. The molecule has 1 aromatic heterocycles. The summed E-state index contributed by atoms with van der Waals surface area (Å²) in [5.74, 6) is -7.45. The highest BCUT2D eigenvalue weighted by Gasteiger charge is 2.62. The van der Waals surface area contributed by atoms with E-state index in [0.717, 1.165) is 0 Å². The van der Waals surface area contributed by atoms with Crippen molar-refractivity contribution in [3.05, 3.63) is 25.9 Å². The van der Waals surface area contributed by atoms with E-state index in [0.29, 0.717) is 0 Å². The van der Waals surface area contributed by atoms with E-state index in [4.69, 9.17) is 46.4 Å². The third-order valence-electron chi connectivity index (χ3n) is 2.49. The molecule has 21 heavy (non-hydrogen) atoms. The fraction of sp³-hybridized carbons (Fsp3) is 0.222. The Labute approximate surface area is 132 Å². The first kappa shape index (κ1) is 16.7. The maximum atomic E-state index is 13.3. The molecule has 0 atom stereocenters. The molecular formula is C9HCl4F5N2O. The topological polar surface area (TPSA) is 38.0 Å². The number of hydrogen-bond donors (Lipinski definition) is 1. The molecule has 116 valence electrons. The van der Waals surface area contributed by atoms with E-state index in [9.17, 15) is 27.2 Å². The van der Waals surface area contributed by atoms with Gasteiger partial charge in [-0.2, -0.15) is 26.7 Å². The average molecular weight is 390 g/mol. The molecule has 0 unspecified atom stereocenters. The van der Waals surface area contributed by atoms with Crippen molar-refractivity contribution in [2.45, 2.75) is 12.1 Å². The highest BCUT2D eigenvalue weighted by molar-refractivity contribution is 6.55. The lowest BCUT2D eigenvalue weighted by molar-refractivity contribution is -0.295. The van der Waals surface area contributed by atoms with Gasteiger partial charge in [0.1, 0.15) is 11.0 Å². The number of alkyl halides is 5. The molecule has 12 heteroatoms. The molecule has 0 spiro atoms. The Kier molecular flexibility index (Phi) is 3.89. The van der Waals surface area contributed by atoms with Gasteiger partial charge in [-0.25, -0.2) is 4.98 Å². The number of nitrogens with zero attached hydrogens (tertiary/aromatic N) is 2. The normalized spacial score (nSPS) is 13.2. The minimum atomic E-state index is -5.98. The molecule has 2 aromatic rings. The molecule has 0 fully saturated rings. The van der Waals surface area contributed by atoms with E-state index in [2.05, 4.69) is 4.98 Å². The van der Waals surface area contributed by atoms with Gasteiger partial charge >= 0.3 is 12.1 Å². The van der Waals surface area contributed by atoms with Gasteiger partial charge in [0.15, 0.2) is 0 Å². The summed E-state index contributed by atoms with van der Waals surface area (Å²) >= 11 is 22.6. The molecule has 3 nitrogen and oxygen atoms in total. The van der Waals surface area contributed by atoms with Crippen LogP contribution in [0.3, 0.4) is 0 Å². The quantitative estimate of drug-likeness (QED) is 0.301. The molecule has 0 saturated heterocycles. The van der Waals surface area contributed by atoms with Crippen LogP contribution in [0.1, 0.15) is 5.82 Å². The molecule has 1 N–H and O–H groups in total. The molecule has 0 bridgehead atoms. The Bertz CT molecular complexity index is 742. The van der Waals surface area contributed by atoms with Crippen LogP contribution in [0.5, 0.6) is 0 Å². The van der Waals surface area contributed by atoms with Crippen molar-refractivity contribution < 1.29 is 27.2 Å². The number of halogens is 9. The molecule has 0 aliphatic heterocycles. The van der Waals surface area contributed by atoms with Crippen LogP contribution < -0.4 is 0 Å². The predicted octanol–water partition coefficient (Wildman–Crippen LogP) is 5.54. The number of fused-ring (bicyclic) bond motifs is 1. The predicted molar refractivity (Wildman–Crippen MR) is 66.9 cm³/mol. The van der Waals surface area contributed by atoms with Crippen LogP contribution in [0.2, 0.25) is 20.1 Å². The standard InChI is InChI=1S/C9HCl4F5N2O/c10-1-2(11)4(13)6-5(3(1)12)19-7(20(6)21)8(14,15)9(16,17)18/h21H. The minimum absolute atomic E-state index is 0.393. The van der Waals surface area contributed by atoms with Crippen LogP contribution in [-0.2, 0) is 5.92 Å². The second-order valence-corrected chi connectivity index (χ2v) is 5.28. The summed E-state index contributed by atoms with van der Waals surface area (Å²) in [6.07, 6.45) is -5.98. The van der Waals surface area contributed by atoms with Crippen molar-refractivity contribution in [1.29, 1.82) is 0 Å². The summed E-state index contributed by atoms with van der Waals surface area (Å²) in [4.78, 5) is 3.00. The zero-order valence-electron chi connectivity index (χ0n) is 9.24. The van der Waals surface area contributed by atoms with Gasteiger partial charge in [0.2, 0.25) is 5.82 Å². The number of imidazole rings is 1. The molecule has 0 aliphatic rings. The summed E-state index contributed by atoms with van der Waals surface area (Å²) in [5.41, 5.74) is -1.35. The lowest BCUT2D eigenvalue weighted by Crippen LogP contribution is -2.36. The number of hydrogen-bond acceptors (Lipinski definition) is 2. The van der Waals surface area contributed by atoms with Crippen molar-refractivity contribution in [2.75, 3.05) is 0 Å². The molecule has 0 aliphatic carbocycles. The van der Waals surface area contributed by atoms with Crippen LogP contribution >= 0.6 is 46.4 Å². The first-order valence-corrected chi connectivity index (χ1v) is 6.31. The molecular weight excluding hydrogens is 389 g/mol. The molecule has 0 saturated carbocycles. The van der Waals surface area contributed by atoms with Crippen LogP contribution in [-0.4, -0.2) is 21.1 Å². The second kappa shape index (κ2) is 4.91. The van der Waals surface area contributed by atoms with Gasteiger partial charge in [-0.3, -0.25) is 0 Å². The Morgan fingerprint density at radius 1 is 0.857 bits per heavy atom. The van der Waals surface area contributed by atoms with E-state index in [1.807, 2.05) is 0 Å². The lowest BCUT2D eigenvalue weighted by atomic mass is 10.3. The largest absolute Gasteiger partial charge is 0.461 e. The van der Waals surface area contributed by atoms with Gasteiger partial charge in [0, 0.05) is 0 Å². The van der Waals surface area contributed by atoms with Gasteiger partial charge in [-0.1, -0.05) is 46.4 Å². The van der Waals surface area contributed by atoms with Crippen molar-refractivity contribution >= 4 is 57.4 Å². The fourth-order valence-electron chi connectivity index (χ4n) is 1.49. The summed E-state index contributed by atoms with van der Waals surface area (Å²) in [5, 5.41) is 7.63. The monoisotopic (exact) mass is 388 g/mol. The summed E-state index contributed by atoms with van der Waals surface area (Å²) in [7, 11) is 0. The summed E-state index contributed by atoms with van der Waals surface area (Å²) in [6.45, 7) is 0. The van der Waals surface area contributed by atoms with E-state index >= 15 is 0 Å². The third kappa shape index (κ3) is 2.28. The third-order valence-corrected chi connectivity index (χ3v) is 4.27. The maximum absolute atomic E-state index is 13.3. The van der Waals surface area contributed by atoms with Gasteiger partial charge in [-0.15, -0.1) is 0 Å². The van der Waals surface area contributed by atoms with E-state index in [1.165, 1.54) is 0 Å². The first-order chi connectivity index (χ1) is 9.41. The van der Waals surface area contributed by atoms with Crippen LogP contribution in [0, 0.1) is 0 Å². The van der Waals surface area contributed by atoms with E-state index in [1.54, 1.807) is 0 Å². The van der Waals surface area contributed by atoms with Gasteiger partial charge in [0.25, 0.3) is 0 Å². The molecule has 0 radical (unpaired) electrons. The number of rotatable bonds is 1. The van der Waals surface area contributed by atoms with E-state index < -0.39 is 53.8 Å². The number of benzene rings is 1. The van der Waals surface area contributed by atoms with Crippen molar-refractivity contribution in [1.82, 2.24) is 9.71 Å². The zero-order valence-corrected chi connectivity index (χ0v) is 12.3. The van der Waals surface area contributed by atoms with Gasteiger partial charge in [-0.05, 0) is 0 Å². The van der Waals surface area contributed by atoms with Crippen molar-refractivity contribution in [3.8, 4) is 0 Å². The van der Waals surface area contributed by atoms with Crippen LogP contribution in [0.15, 0.2) is 0 Å². The Morgan fingerprint density at radius 2 is 1.33 bits per heavy atom. The zero-order chi connectivity index (χ0) is 16.3. The molecule has 0 amide bonds. The smallest absolute Gasteiger partial charge is 0.426 e. The highest BCUT2D eigenvalue weighted by Crippen LogP contribution is 2.47. The summed E-state index contributed by atoms with van der Waals surface area (Å²) < 4.78 is 63.2. The average Bonchev–Trinajstić information content (AvgIpc) is 2.71.